The van der Waals surface area contributed by atoms with Crippen LogP contribution >= 0.6 is 11.3 Å². The molecular formula is C17H16N6O2S. The van der Waals surface area contributed by atoms with E-state index in [-0.39, 0.29) is 11.8 Å². The van der Waals surface area contributed by atoms with Gasteiger partial charge in [-0.2, -0.15) is 0 Å². The van der Waals surface area contributed by atoms with Gasteiger partial charge >= 0.3 is 0 Å². The molecule has 1 aliphatic heterocycles. The van der Waals surface area contributed by atoms with Gasteiger partial charge in [0.1, 0.15) is 12.4 Å². The quantitative estimate of drug-likeness (QED) is 0.760. The second-order valence-electron chi connectivity index (χ2n) is 5.92. The zero-order valence-corrected chi connectivity index (χ0v) is 14.6. The molecule has 1 N–H and O–H groups in total. The normalized spacial score (nSPS) is 16.6. The standard InChI is InChI=1S/C17H16N6O2S/c24-16(14-3-1-9-22(14)17(25)15-4-2-10-26-15)19-12-5-7-13(8-6-12)23-11-18-20-21-23/h2,4-8,10-11,14H,1,3,9H2,(H,19,24)/t14-/m0/s1. The first kappa shape index (κ1) is 16.4. The summed E-state index contributed by atoms with van der Waals surface area (Å²) in [6.45, 7) is 0.604. The average molecular weight is 368 g/mol. The Bertz CT molecular complexity index is 892. The Balaban J connectivity index is 1.44. The first-order valence-electron chi connectivity index (χ1n) is 8.21. The summed E-state index contributed by atoms with van der Waals surface area (Å²) in [6, 6.07) is 10.4. The number of aromatic nitrogens is 4. The molecule has 0 unspecified atom stereocenters. The number of nitrogens with one attached hydrogen (secondary N) is 1. The molecule has 0 radical (unpaired) electrons. The molecular weight excluding hydrogens is 352 g/mol. The second-order valence-corrected chi connectivity index (χ2v) is 6.87. The monoisotopic (exact) mass is 368 g/mol. The molecule has 0 bridgehead atoms. The zero-order valence-electron chi connectivity index (χ0n) is 13.8. The average Bonchev–Trinajstić information content (AvgIpc) is 3.44. The predicted octanol–water partition coefficient (Wildman–Crippen LogP) is 1.97. The Hall–Kier alpha value is -3.07. The largest absolute Gasteiger partial charge is 0.326 e. The maximum absolute atomic E-state index is 12.7. The van der Waals surface area contributed by atoms with Crippen LogP contribution in [0.15, 0.2) is 48.1 Å². The van der Waals surface area contributed by atoms with Crippen LogP contribution in [0, 0.1) is 0 Å². The zero-order chi connectivity index (χ0) is 17.9. The summed E-state index contributed by atoms with van der Waals surface area (Å²) >= 11 is 1.39. The lowest BCUT2D eigenvalue weighted by Crippen LogP contribution is -2.42. The van der Waals surface area contributed by atoms with Crippen molar-refractivity contribution < 1.29 is 9.59 Å². The summed E-state index contributed by atoms with van der Waals surface area (Å²) in [5.41, 5.74) is 1.46. The number of amides is 2. The van der Waals surface area contributed by atoms with Crippen LogP contribution in [0.5, 0.6) is 0 Å². The van der Waals surface area contributed by atoms with E-state index >= 15 is 0 Å². The highest BCUT2D eigenvalue weighted by molar-refractivity contribution is 7.12. The molecule has 132 valence electrons. The Labute approximate surface area is 153 Å². The Morgan fingerprint density at radius 3 is 2.73 bits per heavy atom. The van der Waals surface area contributed by atoms with Crippen molar-refractivity contribution in [3.05, 3.63) is 53.0 Å². The van der Waals surface area contributed by atoms with Crippen LogP contribution in [-0.2, 0) is 4.79 Å². The Kier molecular flexibility index (Phi) is 4.44. The van der Waals surface area contributed by atoms with E-state index in [0.717, 1.165) is 12.1 Å². The molecule has 0 spiro atoms. The van der Waals surface area contributed by atoms with Gasteiger partial charge in [0.2, 0.25) is 5.91 Å². The van der Waals surface area contributed by atoms with Crippen molar-refractivity contribution in [2.24, 2.45) is 0 Å². The summed E-state index contributed by atoms with van der Waals surface area (Å²) in [6.07, 6.45) is 3.00. The van der Waals surface area contributed by atoms with Crippen LogP contribution in [0.1, 0.15) is 22.5 Å². The number of tetrazole rings is 1. The topological polar surface area (TPSA) is 93.0 Å². The molecule has 1 fully saturated rings. The maximum Gasteiger partial charge on any atom is 0.264 e. The SMILES string of the molecule is O=C(Nc1ccc(-n2cnnn2)cc1)[C@@H]1CCCN1C(=O)c1cccs1. The minimum atomic E-state index is -0.441. The minimum absolute atomic E-state index is 0.0771. The predicted molar refractivity (Wildman–Crippen MR) is 96.2 cm³/mol. The maximum atomic E-state index is 12.7. The fourth-order valence-electron chi connectivity index (χ4n) is 3.03. The number of carbonyl (C=O) groups is 2. The molecule has 0 saturated carbocycles. The fraction of sp³-hybridized carbons (Fsp3) is 0.235. The highest BCUT2D eigenvalue weighted by Crippen LogP contribution is 2.23. The molecule has 0 aliphatic carbocycles. The number of rotatable bonds is 4. The molecule has 1 saturated heterocycles. The van der Waals surface area contributed by atoms with Gasteiger partial charge in [0.05, 0.1) is 10.6 Å². The van der Waals surface area contributed by atoms with Crippen molar-refractivity contribution >= 4 is 28.8 Å². The van der Waals surface area contributed by atoms with Crippen LogP contribution in [0.2, 0.25) is 0 Å². The third kappa shape index (κ3) is 3.21. The van der Waals surface area contributed by atoms with Crippen molar-refractivity contribution in [1.29, 1.82) is 0 Å². The van der Waals surface area contributed by atoms with E-state index in [4.69, 9.17) is 0 Å². The van der Waals surface area contributed by atoms with E-state index in [2.05, 4.69) is 20.8 Å². The van der Waals surface area contributed by atoms with Gasteiger partial charge in [0.25, 0.3) is 5.91 Å². The first-order valence-corrected chi connectivity index (χ1v) is 9.09. The number of benzene rings is 1. The van der Waals surface area contributed by atoms with Crippen molar-refractivity contribution in [1.82, 2.24) is 25.1 Å². The van der Waals surface area contributed by atoms with Crippen LogP contribution < -0.4 is 5.32 Å². The molecule has 26 heavy (non-hydrogen) atoms. The van der Waals surface area contributed by atoms with Crippen LogP contribution in [-0.4, -0.2) is 49.5 Å². The number of hydrogen-bond acceptors (Lipinski definition) is 6. The molecule has 3 heterocycles. The molecule has 3 aromatic rings. The second kappa shape index (κ2) is 7.04. The molecule has 1 atom stereocenters. The lowest BCUT2D eigenvalue weighted by atomic mass is 10.2. The van der Waals surface area contributed by atoms with E-state index in [1.165, 1.54) is 22.3 Å². The highest BCUT2D eigenvalue weighted by atomic mass is 32.1. The van der Waals surface area contributed by atoms with Crippen molar-refractivity contribution in [3.63, 3.8) is 0 Å². The van der Waals surface area contributed by atoms with Gasteiger partial charge in [-0.05, 0) is 59.0 Å². The summed E-state index contributed by atoms with van der Waals surface area (Å²) in [5, 5.41) is 15.8. The summed E-state index contributed by atoms with van der Waals surface area (Å²) in [4.78, 5) is 27.6. The molecule has 1 aromatic carbocycles. The first-order chi connectivity index (χ1) is 12.7. The number of carbonyl (C=O) groups excluding carboxylic acids is 2. The van der Waals surface area contributed by atoms with Crippen molar-refractivity contribution in [2.45, 2.75) is 18.9 Å². The highest BCUT2D eigenvalue weighted by Gasteiger charge is 2.34. The summed E-state index contributed by atoms with van der Waals surface area (Å²) < 4.78 is 1.53. The van der Waals surface area contributed by atoms with Gasteiger partial charge in [-0.1, -0.05) is 6.07 Å². The van der Waals surface area contributed by atoms with E-state index < -0.39 is 6.04 Å². The molecule has 1 aliphatic rings. The Morgan fingerprint density at radius 1 is 1.19 bits per heavy atom. The lowest BCUT2D eigenvalue weighted by Gasteiger charge is -2.23. The molecule has 8 nitrogen and oxygen atoms in total. The smallest absolute Gasteiger partial charge is 0.264 e. The third-order valence-corrected chi connectivity index (χ3v) is 5.15. The number of likely N-dealkylation sites (tertiary alicyclic amines) is 1. The van der Waals surface area contributed by atoms with E-state index in [9.17, 15) is 9.59 Å². The number of thiophene rings is 1. The van der Waals surface area contributed by atoms with Crippen molar-refractivity contribution in [2.75, 3.05) is 11.9 Å². The molecule has 4 rings (SSSR count). The van der Waals surface area contributed by atoms with Gasteiger partial charge in [0.15, 0.2) is 0 Å². The number of anilines is 1. The van der Waals surface area contributed by atoms with Gasteiger partial charge < -0.3 is 10.2 Å². The molecule has 2 amide bonds. The van der Waals surface area contributed by atoms with Gasteiger partial charge in [-0.15, -0.1) is 16.4 Å². The van der Waals surface area contributed by atoms with E-state index in [1.807, 2.05) is 23.6 Å². The minimum Gasteiger partial charge on any atom is -0.326 e. The summed E-state index contributed by atoms with van der Waals surface area (Å²) in [5.74, 6) is -0.241. The Morgan fingerprint density at radius 2 is 2.04 bits per heavy atom. The van der Waals surface area contributed by atoms with Gasteiger partial charge in [-0.3, -0.25) is 9.59 Å². The van der Waals surface area contributed by atoms with Crippen LogP contribution in [0.3, 0.4) is 0 Å². The van der Waals surface area contributed by atoms with Crippen molar-refractivity contribution in [3.8, 4) is 5.69 Å². The van der Waals surface area contributed by atoms with Gasteiger partial charge in [0, 0.05) is 12.2 Å². The van der Waals surface area contributed by atoms with E-state index in [1.54, 1.807) is 23.1 Å². The van der Waals surface area contributed by atoms with Crippen LogP contribution in [0.4, 0.5) is 5.69 Å². The third-order valence-electron chi connectivity index (χ3n) is 4.30. The summed E-state index contributed by atoms with van der Waals surface area (Å²) in [7, 11) is 0. The van der Waals surface area contributed by atoms with Crippen LogP contribution in [0.25, 0.3) is 5.69 Å². The lowest BCUT2D eigenvalue weighted by molar-refractivity contribution is -0.119. The number of nitrogens with zero attached hydrogens (tertiary/aromatic N) is 5. The molecule has 2 aromatic heterocycles. The fourth-order valence-corrected chi connectivity index (χ4v) is 3.71. The van der Waals surface area contributed by atoms with Gasteiger partial charge in [-0.25, -0.2) is 4.68 Å². The molecule has 9 heteroatoms. The number of hydrogen-bond donors (Lipinski definition) is 1. The van der Waals surface area contributed by atoms with E-state index in [0.29, 0.717) is 23.5 Å².